The maximum Gasteiger partial charge on any atom is 0.314 e. The molecule has 0 bridgehead atoms. The van der Waals surface area contributed by atoms with Gasteiger partial charge in [-0.1, -0.05) is 19.8 Å². The number of methoxy groups -OCH3 is 1. The molecular weight excluding hydrogens is 180 g/mol. The Morgan fingerprint density at radius 3 is 2.43 bits per heavy atom. The average molecular weight is 202 g/mol. The van der Waals surface area contributed by atoms with Gasteiger partial charge in [0.2, 0.25) is 0 Å². The summed E-state index contributed by atoms with van der Waals surface area (Å²) in [5.41, 5.74) is -0.471. The van der Waals surface area contributed by atoms with Crippen LogP contribution in [-0.2, 0) is 14.3 Å². The summed E-state index contributed by atoms with van der Waals surface area (Å²) in [6.07, 6.45) is 2.94. The minimum atomic E-state index is -0.471. The molecule has 1 unspecified atom stereocenters. The minimum Gasteiger partial charge on any atom is -0.466 e. The molecule has 1 atom stereocenters. The fourth-order valence-corrected chi connectivity index (χ4v) is 1.42. The van der Waals surface area contributed by atoms with Gasteiger partial charge in [-0.05, 0) is 20.3 Å². The van der Waals surface area contributed by atoms with Crippen molar-refractivity contribution in [3.05, 3.63) is 0 Å². The molecule has 0 N–H and O–H groups in total. The second-order valence-corrected chi connectivity index (χ2v) is 3.82. The summed E-state index contributed by atoms with van der Waals surface area (Å²) in [6.45, 7) is 6.71. The van der Waals surface area contributed by atoms with Gasteiger partial charge in [-0.3, -0.25) is 4.79 Å². The SMILES string of the molecule is CCCCC(C)(COC)C(=O)OCC. The van der Waals surface area contributed by atoms with Crippen molar-refractivity contribution in [3.63, 3.8) is 0 Å². The Balaban J connectivity index is 4.28. The topological polar surface area (TPSA) is 35.5 Å². The van der Waals surface area contributed by atoms with Gasteiger partial charge in [0.05, 0.1) is 18.6 Å². The molecule has 0 aromatic rings. The van der Waals surface area contributed by atoms with Gasteiger partial charge in [-0.2, -0.15) is 0 Å². The van der Waals surface area contributed by atoms with Gasteiger partial charge in [0, 0.05) is 7.11 Å². The molecular formula is C11H22O3. The van der Waals surface area contributed by atoms with Gasteiger partial charge >= 0.3 is 5.97 Å². The molecule has 84 valence electrons. The van der Waals surface area contributed by atoms with Gasteiger partial charge in [0.15, 0.2) is 0 Å². The maximum absolute atomic E-state index is 11.7. The van der Waals surface area contributed by atoms with Crippen LogP contribution in [0.2, 0.25) is 0 Å². The highest BCUT2D eigenvalue weighted by molar-refractivity contribution is 5.76. The predicted octanol–water partition coefficient (Wildman–Crippen LogP) is 2.39. The van der Waals surface area contributed by atoms with Crippen molar-refractivity contribution in [1.29, 1.82) is 0 Å². The highest BCUT2D eigenvalue weighted by Gasteiger charge is 2.33. The molecule has 3 nitrogen and oxygen atoms in total. The Morgan fingerprint density at radius 1 is 1.36 bits per heavy atom. The maximum atomic E-state index is 11.7. The zero-order chi connectivity index (χ0) is 11.0. The van der Waals surface area contributed by atoms with Crippen LogP contribution in [0.4, 0.5) is 0 Å². The summed E-state index contributed by atoms with van der Waals surface area (Å²) in [5, 5.41) is 0. The lowest BCUT2D eigenvalue weighted by Crippen LogP contribution is -2.34. The zero-order valence-corrected chi connectivity index (χ0v) is 9.76. The Morgan fingerprint density at radius 2 is 2.00 bits per heavy atom. The third-order valence-electron chi connectivity index (χ3n) is 2.31. The van der Waals surface area contributed by atoms with Crippen molar-refractivity contribution in [2.24, 2.45) is 5.41 Å². The highest BCUT2D eigenvalue weighted by atomic mass is 16.5. The van der Waals surface area contributed by atoms with Crippen molar-refractivity contribution < 1.29 is 14.3 Å². The van der Waals surface area contributed by atoms with E-state index in [4.69, 9.17) is 9.47 Å². The van der Waals surface area contributed by atoms with Crippen molar-refractivity contribution in [3.8, 4) is 0 Å². The van der Waals surface area contributed by atoms with Crippen LogP contribution in [0.25, 0.3) is 0 Å². The van der Waals surface area contributed by atoms with E-state index in [0.29, 0.717) is 13.2 Å². The smallest absolute Gasteiger partial charge is 0.314 e. The number of ether oxygens (including phenoxy) is 2. The van der Waals surface area contributed by atoms with E-state index >= 15 is 0 Å². The van der Waals surface area contributed by atoms with Crippen LogP contribution in [0.3, 0.4) is 0 Å². The van der Waals surface area contributed by atoms with Gasteiger partial charge in [-0.25, -0.2) is 0 Å². The van der Waals surface area contributed by atoms with E-state index in [1.165, 1.54) is 0 Å². The van der Waals surface area contributed by atoms with Crippen LogP contribution in [0.1, 0.15) is 40.0 Å². The Bertz CT molecular complexity index is 168. The number of carbonyl (C=O) groups is 1. The molecule has 0 rings (SSSR count). The van der Waals surface area contributed by atoms with Crippen molar-refractivity contribution in [2.45, 2.75) is 40.0 Å². The molecule has 0 aromatic carbocycles. The molecule has 3 heteroatoms. The first-order chi connectivity index (χ1) is 6.60. The molecule has 0 aliphatic heterocycles. The largest absolute Gasteiger partial charge is 0.466 e. The van der Waals surface area contributed by atoms with Gasteiger partial charge in [0.25, 0.3) is 0 Å². The number of unbranched alkanes of at least 4 members (excludes halogenated alkanes) is 1. The molecule has 0 aliphatic rings. The first-order valence-corrected chi connectivity index (χ1v) is 5.27. The van der Waals surface area contributed by atoms with Crippen LogP contribution in [0, 0.1) is 5.41 Å². The molecule has 0 heterocycles. The summed E-state index contributed by atoms with van der Waals surface area (Å²) in [4.78, 5) is 11.7. The van der Waals surface area contributed by atoms with Crippen LogP contribution >= 0.6 is 0 Å². The minimum absolute atomic E-state index is 0.143. The van der Waals surface area contributed by atoms with Crippen LogP contribution in [-0.4, -0.2) is 26.3 Å². The van der Waals surface area contributed by atoms with E-state index in [1.54, 1.807) is 7.11 Å². The normalized spacial score (nSPS) is 14.9. The number of hydrogen-bond acceptors (Lipinski definition) is 3. The number of carbonyl (C=O) groups excluding carboxylic acids is 1. The second-order valence-electron chi connectivity index (χ2n) is 3.82. The highest BCUT2D eigenvalue weighted by Crippen LogP contribution is 2.26. The summed E-state index contributed by atoms with van der Waals surface area (Å²) in [5.74, 6) is -0.143. The van der Waals surface area contributed by atoms with E-state index < -0.39 is 5.41 Å². The molecule has 0 radical (unpaired) electrons. The Labute approximate surface area is 86.8 Å². The lowest BCUT2D eigenvalue weighted by atomic mass is 9.86. The molecule has 0 saturated heterocycles. The van der Waals surface area contributed by atoms with Crippen molar-refractivity contribution in [1.82, 2.24) is 0 Å². The first-order valence-electron chi connectivity index (χ1n) is 5.27. The average Bonchev–Trinajstić information content (AvgIpc) is 2.15. The van der Waals surface area contributed by atoms with Crippen LogP contribution < -0.4 is 0 Å². The Kier molecular flexibility index (Phi) is 6.54. The van der Waals surface area contributed by atoms with Gasteiger partial charge in [0.1, 0.15) is 0 Å². The molecule has 0 fully saturated rings. The molecule has 0 amide bonds. The summed E-state index contributed by atoms with van der Waals surface area (Å²) in [7, 11) is 1.61. The number of esters is 1. The predicted molar refractivity (Wildman–Crippen MR) is 56.1 cm³/mol. The summed E-state index contributed by atoms with van der Waals surface area (Å²) in [6, 6.07) is 0. The van der Waals surface area contributed by atoms with E-state index in [2.05, 4.69) is 6.92 Å². The van der Waals surface area contributed by atoms with E-state index in [1.807, 2.05) is 13.8 Å². The van der Waals surface area contributed by atoms with Crippen LogP contribution in [0.15, 0.2) is 0 Å². The summed E-state index contributed by atoms with van der Waals surface area (Å²) >= 11 is 0. The number of hydrogen-bond donors (Lipinski definition) is 0. The van der Waals surface area contributed by atoms with E-state index in [0.717, 1.165) is 19.3 Å². The lowest BCUT2D eigenvalue weighted by molar-refractivity contribution is -0.158. The summed E-state index contributed by atoms with van der Waals surface area (Å²) < 4.78 is 10.1. The fourth-order valence-electron chi connectivity index (χ4n) is 1.42. The van der Waals surface area contributed by atoms with E-state index in [9.17, 15) is 4.79 Å². The molecule has 0 aromatic heterocycles. The fraction of sp³-hybridized carbons (Fsp3) is 0.909. The lowest BCUT2D eigenvalue weighted by Gasteiger charge is -2.26. The van der Waals surface area contributed by atoms with Crippen LogP contribution in [0.5, 0.6) is 0 Å². The monoisotopic (exact) mass is 202 g/mol. The second kappa shape index (κ2) is 6.82. The standard InChI is InChI=1S/C11H22O3/c1-5-7-8-11(3,9-13-4)10(12)14-6-2/h5-9H2,1-4H3. The van der Waals surface area contributed by atoms with Gasteiger partial charge in [-0.15, -0.1) is 0 Å². The molecule has 0 aliphatic carbocycles. The quantitative estimate of drug-likeness (QED) is 0.595. The van der Waals surface area contributed by atoms with Crippen molar-refractivity contribution in [2.75, 3.05) is 20.3 Å². The zero-order valence-electron chi connectivity index (χ0n) is 9.76. The Hall–Kier alpha value is -0.570. The third kappa shape index (κ3) is 4.09. The molecule has 14 heavy (non-hydrogen) atoms. The number of rotatable bonds is 7. The molecule has 0 saturated carbocycles. The van der Waals surface area contributed by atoms with Crippen molar-refractivity contribution >= 4 is 5.97 Å². The molecule has 0 spiro atoms. The third-order valence-corrected chi connectivity index (χ3v) is 2.31. The van der Waals surface area contributed by atoms with E-state index in [-0.39, 0.29) is 5.97 Å². The first kappa shape index (κ1) is 13.4. The van der Waals surface area contributed by atoms with Gasteiger partial charge < -0.3 is 9.47 Å².